The smallest absolute Gasteiger partial charge is 0.413 e. The van der Waals surface area contributed by atoms with Gasteiger partial charge < -0.3 is 33.8 Å². The molecular weight excluding hydrogens is 854 g/mol. The van der Waals surface area contributed by atoms with Crippen LogP contribution in [0.15, 0.2) is 128 Å². The first kappa shape index (κ1) is 48.2. The molecule has 0 aliphatic carbocycles. The van der Waals surface area contributed by atoms with Gasteiger partial charge in [0.15, 0.2) is 0 Å². The number of rotatable bonds is 13. The number of aromatic amines is 1. The molecule has 17 nitrogen and oxygen atoms in total. The van der Waals surface area contributed by atoms with E-state index in [0.717, 1.165) is 22.5 Å². The molecule has 4 aromatic carbocycles. The van der Waals surface area contributed by atoms with Crippen molar-refractivity contribution in [3.63, 3.8) is 0 Å². The number of amides is 1. The number of anilines is 1. The van der Waals surface area contributed by atoms with Crippen molar-refractivity contribution in [1.82, 2.24) is 34.7 Å². The predicted molar refractivity (Wildman–Crippen MR) is 243 cm³/mol. The summed E-state index contributed by atoms with van der Waals surface area (Å²) >= 11 is 5.90. The van der Waals surface area contributed by atoms with Crippen LogP contribution >= 0.6 is 11.6 Å². The summed E-state index contributed by atoms with van der Waals surface area (Å²) < 4.78 is 27.5. The summed E-state index contributed by atoms with van der Waals surface area (Å²) in [6.45, 7) is 6.58. The van der Waals surface area contributed by atoms with Crippen LogP contribution in [0.1, 0.15) is 43.9 Å². The average molecular weight is 902 g/mol. The van der Waals surface area contributed by atoms with Gasteiger partial charge in [-0.3, -0.25) is 10.00 Å². The maximum Gasteiger partial charge on any atom is 0.413 e. The molecule has 65 heavy (non-hydrogen) atoms. The Morgan fingerprint density at radius 3 is 2.17 bits per heavy atom. The van der Waals surface area contributed by atoms with E-state index in [9.17, 15) is 20.0 Å². The Morgan fingerprint density at radius 2 is 1.54 bits per heavy atom. The number of nitriles is 1. The Morgan fingerprint density at radius 1 is 0.877 bits per heavy atom. The molecule has 3 aromatic heterocycles. The number of hydrogen-bond acceptors (Lipinski definition) is 14. The fourth-order valence-electron chi connectivity index (χ4n) is 5.97. The van der Waals surface area contributed by atoms with Gasteiger partial charge in [0.1, 0.15) is 42.1 Å². The Hall–Kier alpha value is -7.81. The number of nitrogens with one attached hydrogen (secondary N) is 2. The Bertz CT molecular complexity index is 2680. The van der Waals surface area contributed by atoms with Gasteiger partial charge in [-0.15, -0.1) is 0 Å². The van der Waals surface area contributed by atoms with Crippen molar-refractivity contribution in [2.45, 2.75) is 45.8 Å². The number of carbonyl (C=O) groups is 2. The topological polar surface area (TPSA) is 222 Å². The minimum atomic E-state index is -0.861. The second kappa shape index (κ2) is 23.0. The highest BCUT2D eigenvalue weighted by Crippen LogP contribution is 2.36. The Labute approximate surface area is 380 Å². The summed E-state index contributed by atoms with van der Waals surface area (Å²) in [6.07, 6.45) is 6.58. The third-order valence-corrected chi connectivity index (χ3v) is 9.95. The SMILES string of the molecule is CC(C)(C)C(O)(CCc1ccc(Cl)cc1)Cn1cncn1.CO/C=C(/C(=O)OC)c1ccccc1Oc1cc(Oc2ccccc2C#N)ncn1.COC(=O)Nc1nc2ccccc2[nH]1. The van der Waals surface area contributed by atoms with Gasteiger partial charge in [0, 0.05) is 10.6 Å². The number of imidazole rings is 1. The standard InChI is InChI=1S/C22H17N3O5.C16H22ClN3O.C9H9N3O2/c1-27-13-17(22(26)28-2)16-8-4-6-10-19(16)30-21-11-20(24-14-25-21)29-18-9-5-3-7-15(18)12-23;1-15(2,3)16(21,10-20-12-18-11-19-20)9-8-13-4-6-14(17)7-5-13;1-14-9(13)12-8-10-6-4-2-3-5-7(6)11-8/h3-11,13-14H,1-2H3;4-7,11-12,21H,8-10H2,1-3H3;2-5H,1H3,(H2,10,11,12,13)/b17-13+;;. The molecule has 1 atom stereocenters. The van der Waals surface area contributed by atoms with E-state index in [0.29, 0.717) is 41.5 Å². The summed E-state index contributed by atoms with van der Waals surface area (Å²) in [7, 11) is 4.01. The van der Waals surface area contributed by atoms with Crippen molar-refractivity contribution in [3.05, 3.63) is 150 Å². The summed E-state index contributed by atoms with van der Waals surface area (Å²) in [5.41, 5.74) is 2.74. The molecule has 0 bridgehead atoms. The fraction of sp³-hybridized carbons (Fsp3) is 0.234. The van der Waals surface area contributed by atoms with Gasteiger partial charge >= 0.3 is 12.1 Å². The van der Waals surface area contributed by atoms with Crippen molar-refractivity contribution in [2.75, 3.05) is 26.6 Å². The molecule has 0 saturated heterocycles. The third-order valence-electron chi connectivity index (χ3n) is 9.69. The highest BCUT2D eigenvalue weighted by molar-refractivity contribution is 6.30. The largest absolute Gasteiger partial charge is 0.503 e. The van der Waals surface area contributed by atoms with Crippen LogP contribution in [0.25, 0.3) is 16.6 Å². The summed E-state index contributed by atoms with van der Waals surface area (Å²) in [4.78, 5) is 42.1. The highest BCUT2D eigenvalue weighted by atomic mass is 35.5. The van der Waals surface area contributed by atoms with E-state index >= 15 is 0 Å². The van der Waals surface area contributed by atoms with Crippen LogP contribution < -0.4 is 14.8 Å². The lowest BCUT2D eigenvalue weighted by Gasteiger charge is -2.40. The third kappa shape index (κ3) is 13.8. The number of esters is 1. The van der Waals surface area contributed by atoms with E-state index in [1.165, 1.54) is 51.9 Å². The average Bonchev–Trinajstić information content (AvgIpc) is 3.98. The van der Waals surface area contributed by atoms with Crippen molar-refractivity contribution < 1.29 is 38.4 Å². The molecule has 3 heterocycles. The number of para-hydroxylation sites is 4. The number of fused-ring (bicyclic) bond motifs is 1. The van der Waals surface area contributed by atoms with E-state index in [2.05, 4.69) is 46.1 Å². The van der Waals surface area contributed by atoms with Crippen LogP contribution in [0, 0.1) is 16.7 Å². The lowest BCUT2D eigenvalue weighted by Crippen LogP contribution is -2.47. The molecule has 0 saturated carbocycles. The molecule has 18 heteroatoms. The van der Waals surface area contributed by atoms with Crippen LogP contribution in [0.3, 0.4) is 0 Å². The molecule has 3 N–H and O–H groups in total. The van der Waals surface area contributed by atoms with Crippen molar-refractivity contribution in [1.29, 1.82) is 5.26 Å². The maximum atomic E-state index is 12.1. The van der Waals surface area contributed by atoms with E-state index in [-0.39, 0.29) is 22.7 Å². The van der Waals surface area contributed by atoms with Gasteiger partial charge in [0.05, 0.1) is 62.4 Å². The summed E-state index contributed by atoms with van der Waals surface area (Å²) in [6, 6.07) is 32.5. The molecule has 1 unspecified atom stereocenters. The van der Waals surface area contributed by atoms with Crippen molar-refractivity contribution in [2.24, 2.45) is 5.41 Å². The lowest BCUT2D eigenvalue weighted by molar-refractivity contribution is -0.133. The maximum absolute atomic E-state index is 12.1. The molecular formula is C47H48ClN9O8. The molecule has 1 amide bonds. The van der Waals surface area contributed by atoms with Crippen molar-refractivity contribution in [3.8, 4) is 29.3 Å². The number of nitrogens with zero attached hydrogens (tertiary/aromatic N) is 7. The number of methoxy groups -OCH3 is 3. The normalized spacial score (nSPS) is 11.9. The van der Waals surface area contributed by atoms with Crippen LogP contribution in [0.4, 0.5) is 10.7 Å². The van der Waals surface area contributed by atoms with Gasteiger partial charge in [0.2, 0.25) is 17.7 Å². The van der Waals surface area contributed by atoms with E-state index in [1.807, 2.05) is 69.3 Å². The van der Waals surface area contributed by atoms with Gasteiger partial charge in [-0.1, -0.05) is 87.0 Å². The number of H-pyrrole nitrogens is 1. The van der Waals surface area contributed by atoms with E-state index < -0.39 is 17.7 Å². The highest BCUT2D eigenvalue weighted by Gasteiger charge is 2.40. The van der Waals surface area contributed by atoms with Crippen LogP contribution in [-0.2, 0) is 32.0 Å². The van der Waals surface area contributed by atoms with Crippen molar-refractivity contribution >= 4 is 46.2 Å². The second-order valence-electron chi connectivity index (χ2n) is 15.0. The summed E-state index contributed by atoms with van der Waals surface area (Å²) in [5.74, 6) is 0.907. The molecule has 0 aliphatic heterocycles. The zero-order valence-electron chi connectivity index (χ0n) is 36.6. The van der Waals surface area contributed by atoms with E-state index in [1.54, 1.807) is 59.5 Å². The molecule has 7 rings (SSSR count). The van der Waals surface area contributed by atoms with Gasteiger partial charge in [-0.25, -0.2) is 29.5 Å². The Balaban J connectivity index is 0.000000196. The van der Waals surface area contributed by atoms with Crippen LogP contribution in [0.5, 0.6) is 23.3 Å². The number of aryl methyl sites for hydroxylation is 1. The zero-order valence-corrected chi connectivity index (χ0v) is 37.3. The predicted octanol–water partition coefficient (Wildman–Crippen LogP) is 9.18. The number of aliphatic hydroxyl groups is 1. The number of benzene rings is 4. The van der Waals surface area contributed by atoms with Gasteiger partial charge in [-0.2, -0.15) is 10.4 Å². The first-order valence-electron chi connectivity index (χ1n) is 19.9. The summed E-state index contributed by atoms with van der Waals surface area (Å²) in [5, 5.41) is 27.6. The number of aromatic nitrogens is 7. The zero-order chi connectivity index (χ0) is 46.8. The lowest BCUT2D eigenvalue weighted by atomic mass is 9.73. The molecule has 0 fully saturated rings. The quantitative estimate of drug-likeness (QED) is 0.0558. The molecule has 0 aliphatic rings. The fourth-order valence-corrected chi connectivity index (χ4v) is 6.10. The van der Waals surface area contributed by atoms with Gasteiger partial charge in [0.25, 0.3) is 0 Å². The first-order valence-corrected chi connectivity index (χ1v) is 20.3. The minimum Gasteiger partial charge on any atom is -0.503 e. The Kier molecular flexibility index (Phi) is 17.1. The van der Waals surface area contributed by atoms with E-state index in [4.69, 9.17) is 30.5 Å². The van der Waals surface area contributed by atoms with Crippen LogP contribution in [-0.4, -0.2) is 78.8 Å². The number of halogens is 1. The molecule has 0 spiro atoms. The van der Waals surface area contributed by atoms with Crippen LogP contribution in [0.2, 0.25) is 5.02 Å². The minimum absolute atomic E-state index is 0.184. The number of ether oxygens (including phenoxy) is 5. The second-order valence-corrected chi connectivity index (χ2v) is 15.4. The molecule has 0 radical (unpaired) electrons. The number of carbonyl (C=O) groups excluding carboxylic acids is 2. The van der Waals surface area contributed by atoms with Gasteiger partial charge in [-0.05, 0) is 66.3 Å². The first-order chi connectivity index (χ1) is 31.2. The molecule has 336 valence electrons. The molecule has 7 aromatic rings. The number of hydrogen-bond donors (Lipinski definition) is 3. The monoisotopic (exact) mass is 901 g/mol.